The number of amides is 2. The number of hydroxylamine groups is 1. The third-order valence-electron chi connectivity index (χ3n) is 0.515. The van der Waals surface area contributed by atoms with Gasteiger partial charge in [-0.1, -0.05) is 0 Å². The molecule has 0 rings (SSSR count). The van der Waals surface area contributed by atoms with Gasteiger partial charge < -0.3 is 10.2 Å². The fourth-order valence-electron chi connectivity index (χ4n) is 0.169. The van der Waals surface area contributed by atoms with E-state index >= 15 is 0 Å². The van der Waals surface area contributed by atoms with Crippen LogP contribution in [0.2, 0.25) is 0 Å². The number of nitrogens with one attached hydrogen (secondary N) is 2. The lowest BCUT2D eigenvalue weighted by atomic mass is 10.8. The van der Waals surface area contributed by atoms with Gasteiger partial charge in [0.25, 0.3) is 0 Å². The zero-order valence-electron chi connectivity index (χ0n) is 5.22. The average molecular weight is 132 g/mol. The number of hydrogen-bond acceptors (Lipinski definition) is 3. The third-order valence-corrected chi connectivity index (χ3v) is 0.515. The first-order valence-electron chi connectivity index (χ1n) is 2.32. The molecule has 2 amide bonds. The Kier molecular flexibility index (Phi) is 3.19. The van der Waals surface area contributed by atoms with E-state index in [1.165, 1.54) is 14.0 Å². The molecule has 52 valence electrons. The monoisotopic (exact) mass is 132 g/mol. The van der Waals surface area contributed by atoms with Gasteiger partial charge in [0, 0.05) is 14.0 Å². The van der Waals surface area contributed by atoms with Gasteiger partial charge in [0.2, 0.25) is 0 Å². The standard InChI is InChI=1S/C4H8N2O3/c1-3(7)9-6-4(8)5-2/h1-2H3,(H2,5,6,8). The number of carbonyl (C=O) groups excluding carboxylic acids is 2. The summed E-state index contributed by atoms with van der Waals surface area (Å²) >= 11 is 0. The maximum Gasteiger partial charge on any atom is 0.347 e. The van der Waals surface area contributed by atoms with Crippen molar-refractivity contribution in [2.45, 2.75) is 6.92 Å². The van der Waals surface area contributed by atoms with Crippen LogP contribution in [0.4, 0.5) is 4.79 Å². The molecule has 0 bridgehead atoms. The van der Waals surface area contributed by atoms with E-state index in [9.17, 15) is 9.59 Å². The normalized spacial score (nSPS) is 7.78. The van der Waals surface area contributed by atoms with E-state index in [0.717, 1.165) is 0 Å². The van der Waals surface area contributed by atoms with E-state index in [4.69, 9.17) is 0 Å². The summed E-state index contributed by atoms with van der Waals surface area (Å²) in [5.74, 6) is -0.557. The van der Waals surface area contributed by atoms with E-state index in [0.29, 0.717) is 0 Å². The molecule has 0 aromatic carbocycles. The van der Waals surface area contributed by atoms with Crippen molar-refractivity contribution < 1.29 is 14.4 Å². The van der Waals surface area contributed by atoms with E-state index in [1.807, 2.05) is 5.48 Å². The van der Waals surface area contributed by atoms with Crippen LogP contribution in [0, 0.1) is 0 Å². The van der Waals surface area contributed by atoms with Crippen molar-refractivity contribution in [3.05, 3.63) is 0 Å². The molecule has 2 N–H and O–H groups in total. The van der Waals surface area contributed by atoms with Gasteiger partial charge in [-0.3, -0.25) is 4.79 Å². The quantitative estimate of drug-likeness (QED) is 0.432. The lowest BCUT2D eigenvalue weighted by Gasteiger charge is -1.99. The van der Waals surface area contributed by atoms with Crippen LogP contribution in [-0.2, 0) is 9.63 Å². The van der Waals surface area contributed by atoms with Crippen LogP contribution in [-0.4, -0.2) is 19.0 Å². The molecule has 0 atom stereocenters. The summed E-state index contributed by atoms with van der Waals surface area (Å²) in [5, 5.41) is 2.19. The fraction of sp³-hybridized carbons (Fsp3) is 0.500. The van der Waals surface area contributed by atoms with E-state index in [1.54, 1.807) is 0 Å². The zero-order chi connectivity index (χ0) is 7.28. The molecular formula is C4H8N2O3. The zero-order valence-corrected chi connectivity index (χ0v) is 5.22. The van der Waals surface area contributed by atoms with Crippen LogP contribution in [0.3, 0.4) is 0 Å². The Morgan fingerprint density at radius 1 is 1.44 bits per heavy atom. The summed E-state index contributed by atoms with van der Waals surface area (Å²) in [7, 11) is 1.42. The maximum atomic E-state index is 10.2. The lowest BCUT2D eigenvalue weighted by Crippen LogP contribution is -2.33. The minimum absolute atomic E-state index is 0.551. The van der Waals surface area contributed by atoms with Crippen LogP contribution in [0.1, 0.15) is 6.92 Å². The summed E-state index contributed by atoms with van der Waals surface area (Å²) in [6.45, 7) is 1.19. The Balaban J connectivity index is 3.28. The van der Waals surface area contributed by atoms with Crippen LogP contribution in [0.5, 0.6) is 0 Å². The Labute approximate surface area is 52.3 Å². The smallest absolute Gasteiger partial charge is 0.340 e. The van der Waals surface area contributed by atoms with Crippen molar-refractivity contribution in [2.24, 2.45) is 0 Å². The highest BCUT2D eigenvalue weighted by molar-refractivity contribution is 5.75. The first kappa shape index (κ1) is 7.74. The largest absolute Gasteiger partial charge is 0.347 e. The van der Waals surface area contributed by atoms with Gasteiger partial charge >= 0.3 is 12.0 Å². The topological polar surface area (TPSA) is 67.4 Å². The predicted molar refractivity (Wildman–Crippen MR) is 29.4 cm³/mol. The number of hydrogen-bond donors (Lipinski definition) is 2. The SMILES string of the molecule is CNC(=O)NOC(C)=O. The average Bonchev–Trinajstić information content (AvgIpc) is 1.83. The molecule has 5 nitrogen and oxygen atoms in total. The second kappa shape index (κ2) is 3.71. The molecule has 0 radical (unpaired) electrons. The Hall–Kier alpha value is -1.26. The highest BCUT2D eigenvalue weighted by atomic mass is 16.7. The van der Waals surface area contributed by atoms with Crippen molar-refractivity contribution in [1.82, 2.24) is 10.8 Å². The van der Waals surface area contributed by atoms with Crippen LogP contribution >= 0.6 is 0 Å². The van der Waals surface area contributed by atoms with Crippen LogP contribution in [0.25, 0.3) is 0 Å². The molecule has 0 aliphatic rings. The number of rotatable bonds is 0. The molecule has 0 aliphatic heterocycles. The van der Waals surface area contributed by atoms with Crippen molar-refractivity contribution in [2.75, 3.05) is 7.05 Å². The van der Waals surface area contributed by atoms with Gasteiger partial charge in [-0.25, -0.2) is 4.79 Å². The second-order valence-corrected chi connectivity index (χ2v) is 1.27. The molecule has 0 fully saturated rings. The Bertz CT molecular complexity index is 123. The van der Waals surface area contributed by atoms with E-state index < -0.39 is 12.0 Å². The highest BCUT2D eigenvalue weighted by Gasteiger charge is 1.95. The van der Waals surface area contributed by atoms with E-state index in [2.05, 4.69) is 10.2 Å². The molecule has 0 aromatic rings. The molecule has 0 unspecified atom stereocenters. The lowest BCUT2D eigenvalue weighted by molar-refractivity contribution is -0.145. The summed E-state index contributed by atoms with van der Waals surface area (Å²) in [5.41, 5.74) is 1.83. The minimum atomic E-state index is -0.557. The molecule has 0 saturated carbocycles. The van der Waals surface area contributed by atoms with Crippen molar-refractivity contribution in [3.63, 3.8) is 0 Å². The molecule has 9 heavy (non-hydrogen) atoms. The molecule has 5 heteroatoms. The number of urea groups is 1. The fourth-order valence-corrected chi connectivity index (χ4v) is 0.169. The van der Waals surface area contributed by atoms with Crippen molar-refractivity contribution in [3.8, 4) is 0 Å². The predicted octanol–water partition coefficient (Wildman–Crippen LogP) is -0.607. The summed E-state index contributed by atoms with van der Waals surface area (Å²) in [6, 6.07) is -0.551. The summed E-state index contributed by atoms with van der Waals surface area (Å²) in [6.07, 6.45) is 0. The van der Waals surface area contributed by atoms with Gasteiger partial charge in [-0.2, -0.15) is 5.48 Å². The first-order valence-corrected chi connectivity index (χ1v) is 2.32. The molecule has 0 heterocycles. The third kappa shape index (κ3) is 4.60. The summed E-state index contributed by atoms with van der Waals surface area (Å²) < 4.78 is 0. The molecule has 0 aromatic heterocycles. The Morgan fingerprint density at radius 3 is 2.33 bits per heavy atom. The van der Waals surface area contributed by atoms with E-state index in [-0.39, 0.29) is 0 Å². The maximum absolute atomic E-state index is 10.2. The highest BCUT2D eigenvalue weighted by Crippen LogP contribution is 1.67. The molecular weight excluding hydrogens is 124 g/mol. The van der Waals surface area contributed by atoms with Gasteiger partial charge in [0.1, 0.15) is 0 Å². The van der Waals surface area contributed by atoms with Crippen LogP contribution in [0.15, 0.2) is 0 Å². The molecule has 0 saturated heterocycles. The van der Waals surface area contributed by atoms with Crippen molar-refractivity contribution >= 4 is 12.0 Å². The Morgan fingerprint density at radius 2 is 2.00 bits per heavy atom. The van der Waals surface area contributed by atoms with Crippen LogP contribution < -0.4 is 10.8 Å². The summed E-state index contributed by atoms with van der Waals surface area (Å²) in [4.78, 5) is 24.3. The second-order valence-electron chi connectivity index (χ2n) is 1.27. The van der Waals surface area contributed by atoms with Gasteiger partial charge in [0.05, 0.1) is 0 Å². The minimum Gasteiger partial charge on any atom is -0.340 e. The van der Waals surface area contributed by atoms with Gasteiger partial charge in [-0.05, 0) is 0 Å². The first-order chi connectivity index (χ1) is 4.16. The van der Waals surface area contributed by atoms with Gasteiger partial charge in [-0.15, -0.1) is 0 Å². The number of carbonyl (C=O) groups is 2. The molecule has 0 aliphatic carbocycles. The molecule has 0 spiro atoms. The van der Waals surface area contributed by atoms with Gasteiger partial charge in [0.15, 0.2) is 0 Å². The van der Waals surface area contributed by atoms with Crippen molar-refractivity contribution in [1.29, 1.82) is 0 Å².